The number of carbonyl (C=O) groups is 1. The summed E-state index contributed by atoms with van der Waals surface area (Å²) in [5.74, 6) is -0.534. The normalized spacial score (nSPS) is 12.2. The molecule has 1 aromatic rings. The zero-order valence-electron chi connectivity index (χ0n) is 10.5. The Hall–Kier alpha value is -0.940. The highest BCUT2D eigenvalue weighted by atomic mass is 79.9. The number of alkyl halides is 1. The van der Waals surface area contributed by atoms with Gasteiger partial charge < -0.3 is 10.1 Å². The fourth-order valence-electron chi connectivity index (χ4n) is 1.68. The number of rotatable bonds is 6. The van der Waals surface area contributed by atoms with Crippen molar-refractivity contribution < 1.29 is 13.9 Å². The third-order valence-corrected chi connectivity index (χ3v) is 3.05. The lowest BCUT2D eigenvalue weighted by molar-refractivity contribution is 0.0895. The van der Waals surface area contributed by atoms with E-state index in [1.807, 2.05) is 0 Å². The van der Waals surface area contributed by atoms with Gasteiger partial charge in [-0.25, -0.2) is 4.39 Å². The number of carbonyl (C=O) groups excluding carboxylic acids is 1. The Bertz CT molecular complexity index is 406. The van der Waals surface area contributed by atoms with Gasteiger partial charge in [0.05, 0.1) is 12.6 Å². The summed E-state index contributed by atoms with van der Waals surface area (Å²) in [7, 11) is 1.59. The molecular weight excluding hydrogens is 301 g/mol. The first kappa shape index (κ1) is 15.1. The Balaban J connectivity index is 2.73. The van der Waals surface area contributed by atoms with Crippen LogP contribution in [0.25, 0.3) is 0 Å². The fourth-order valence-corrected chi connectivity index (χ4v) is 2.23. The van der Waals surface area contributed by atoms with Crippen molar-refractivity contribution in [3.05, 3.63) is 35.1 Å². The SMILES string of the molecule is COCC(CCBr)NC(=O)c1ccc(F)cc1C. The molecule has 0 heterocycles. The van der Waals surface area contributed by atoms with E-state index in [1.165, 1.54) is 18.2 Å². The lowest BCUT2D eigenvalue weighted by Gasteiger charge is -2.17. The Kier molecular flexibility index (Phi) is 6.29. The molecule has 5 heteroatoms. The van der Waals surface area contributed by atoms with E-state index in [2.05, 4.69) is 21.2 Å². The molecule has 1 unspecified atom stereocenters. The van der Waals surface area contributed by atoms with Crippen LogP contribution in [0.2, 0.25) is 0 Å². The van der Waals surface area contributed by atoms with Crippen LogP contribution in [0.1, 0.15) is 22.3 Å². The predicted octanol–water partition coefficient (Wildman–Crippen LogP) is 2.66. The second-order valence-corrected chi connectivity index (χ2v) is 4.86. The zero-order chi connectivity index (χ0) is 13.5. The molecule has 100 valence electrons. The first-order chi connectivity index (χ1) is 8.58. The molecule has 1 aromatic carbocycles. The number of benzene rings is 1. The minimum atomic E-state index is -0.335. The standard InChI is InChI=1S/C13H17BrFNO2/c1-9-7-10(15)3-4-12(9)13(17)16-11(5-6-14)8-18-2/h3-4,7,11H,5-6,8H2,1-2H3,(H,16,17). The number of hydrogen-bond donors (Lipinski definition) is 1. The summed E-state index contributed by atoms with van der Waals surface area (Å²) >= 11 is 3.33. The molecule has 0 fully saturated rings. The van der Waals surface area contributed by atoms with Crippen molar-refractivity contribution >= 4 is 21.8 Å². The van der Waals surface area contributed by atoms with E-state index >= 15 is 0 Å². The van der Waals surface area contributed by atoms with E-state index in [1.54, 1.807) is 14.0 Å². The van der Waals surface area contributed by atoms with Gasteiger partial charge in [0.1, 0.15) is 5.82 Å². The van der Waals surface area contributed by atoms with Gasteiger partial charge in [0.25, 0.3) is 5.91 Å². The van der Waals surface area contributed by atoms with Crippen LogP contribution in [-0.2, 0) is 4.74 Å². The molecule has 1 atom stereocenters. The monoisotopic (exact) mass is 317 g/mol. The maximum atomic E-state index is 13.0. The molecule has 0 aliphatic rings. The van der Waals surface area contributed by atoms with Gasteiger partial charge in [-0.15, -0.1) is 0 Å². The second-order valence-electron chi connectivity index (χ2n) is 4.06. The molecule has 3 nitrogen and oxygen atoms in total. The summed E-state index contributed by atoms with van der Waals surface area (Å²) in [6.45, 7) is 2.17. The van der Waals surface area contributed by atoms with Crippen molar-refractivity contribution in [2.75, 3.05) is 19.0 Å². The van der Waals surface area contributed by atoms with Crippen molar-refractivity contribution in [1.82, 2.24) is 5.32 Å². The molecule has 0 radical (unpaired) electrons. The number of halogens is 2. The number of ether oxygens (including phenoxy) is 1. The molecule has 0 bridgehead atoms. The van der Waals surface area contributed by atoms with E-state index in [0.717, 1.165) is 11.8 Å². The number of nitrogens with one attached hydrogen (secondary N) is 1. The Morgan fingerprint density at radius 2 is 2.28 bits per heavy atom. The second kappa shape index (κ2) is 7.48. The van der Waals surface area contributed by atoms with E-state index < -0.39 is 0 Å². The quantitative estimate of drug-likeness (QED) is 0.819. The van der Waals surface area contributed by atoms with Crippen LogP contribution in [0.3, 0.4) is 0 Å². The van der Waals surface area contributed by atoms with E-state index in [0.29, 0.717) is 17.7 Å². The fraction of sp³-hybridized carbons (Fsp3) is 0.462. The third-order valence-electron chi connectivity index (χ3n) is 2.59. The Morgan fingerprint density at radius 3 is 2.83 bits per heavy atom. The van der Waals surface area contributed by atoms with Crippen LogP contribution in [0, 0.1) is 12.7 Å². The maximum Gasteiger partial charge on any atom is 0.251 e. The molecule has 0 saturated carbocycles. The summed E-state index contributed by atoms with van der Waals surface area (Å²) in [4.78, 5) is 12.0. The van der Waals surface area contributed by atoms with Crippen molar-refractivity contribution in [2.45, 2.75) is 19.4 Å². The smallest absolute Gasteiger partial charge is 0.251 e. The van der Waals surface area contributed by atoms with Gasteiger partial charge in [0.2, 0.25) is 0 Å². The molecule has 1 N–H and O–H groups in total. The molecular formula is C13H17BrFNO2. The molecule has 0 saturated heterocycles. The zero-order valence-corrected chi connectivity index (χ0v) is 12.1. The average Bonchev–Trinajstić information content (AvgIpc) is 2.29. The minimum absolute atomic E-state index is 0.0497. The van der Waals surface area contributed by atoms with Crippen molar-refractivity contribution in [1.29, 1.82) is 0 Å². The van der Waals surface area contributed by atoms with Crippen LogP contribution in [0.5, 0.6) is 0 Å². The van der Waals surface area contributed by atoms with Gasteiger partial charge in [-0.1, -0.05) is 15.9 Å². The lowest BCUT2D eigenvalue weighted by atomic mass is 10.1. The van der Waals surface area contributed by atoms with Crippen molar-refractivity contribution in [3.8, 4) is 0 Å². The highest BCUT2D eigenvalue weighted by Crippen LogP contribution is 2.10. The van der Waals surface area contributed by atoms with Crippen molar-refractivity contribution in [2.24, 2.45) is 0 Å². The molecule has 0 aromatic heterocycles. The first-order valence-electron chi connectivity index (χ1n) is 5.70. The van der Waals surface area contributed by atoms with Crippen LogP contribution >= 0.6 is 15.9 Å². The summed E-state index contributed by atoms with van der Waals surface area (Å²) in [6, 6.07) is 4.09. The predicted molar refractivity (Wildman–Crippen MR) is 72.7 cm³/mol. The number of amides is 1. The van der Waals surface area contributed by atoms with E-state index in [4.69, 9.17) is 4.74 Å². The highest BCUT2D eigenvalue weighted by molar-refractivity contribution is 9.09. The van der Waals surface area contributed by atoms with Gasteiger partial charge in [-0.3, -0.25) is 4.79 Å². The minimum Gasteiger partial charge on any atom is -0.383 e. The lowest BCUT2D eigenvalue weighted by Crippen LogP contribution is -2.38. The average molecular weight is 318 g/mol. The first-order valence-corrected chi connectivity index (χ1v) is 6.82. The Labute approximate surface area is 115 Å². The molecule has 0 aliphatic carbocycles. The number of methoxy groups -OCH3 is 1. The van der Waals surface area contributed by atoms with E-state index in [9.17, 15) is 9.18 Å². The van der Waals surface area contributed by atoms with Gasteiger partial charge in [0, 0.05) is 18.0 Å². The maximum absolute atomic E-state index is 13.0. The van der Waals surface area contributed by atoms with Gasteiger partial charge in [-0.05, 0) is 37.1 Å². The summed E-state index contributed by atoms with van der Waals surface area (Å²) in [5, 5.41) is 3.66. The number of aryl methyl sites for hydroxylation is 1. The third kappa shape index (κ3) is 4.38. The van der Waals surface area contributed by atoms with Crippen LogP contribution < -0.4 is 5.32 Å². The molecule has 1 rings (SSSR count). The summed E-state index contributed by atoms with van der Waals surface area (Å²) in [6.07, 6.45) is 0.778. The molecule has 1 amide bonds. The van der Waals surface area contributed by atoms with Crippen LogP contribution in [-0.4, -0.2) is 31.0 Å². The molecule has 18 heavy (non-hydrogen) atoms. The van der Waals surface area contributed by atoms with Crippen LogP contribution in [0.15, 0.2) is 18.2 Å². The van der Waals surface area contributed by atoms with Crippen molar-refractivity contribution in [3.63, 3.8) is 0 Å². The molecule has 0 spiro atoms. The van der Waals surface area contributed by atoms with E-state index in [-0.39, 0.29) is 17.8 Å². The topological polar surface area (TPSA) is 38.3 Å². The largest absolute Gasteiger partial charge is 0.383 e. The summed E-state index contributed by atoms with van der Waals surface area (Å²) < 4.78 is 18.0. The van der Waals surface area contributed by atoms with Crippen LogP contribution in [0.4, 0.5) is 4.39 Å². The number of hydrogen-bond acceptors (Lipinski definition) is 2. The van der Waals surface area contributed by atoms with Gasteiger partial charge >= 0.3 is 0 Å². The van der Waals surface area contributed by atoms with Gasteiger partial charge in [0.15, 0.2) is 0 Å². The Morgan fingerprint density at radius 1 is 1.56 bits per heavy atom. The van der Waals surface area contributed by atoms with Gasteiger partial charge in [-0.2, -0.15) is 0 Å². The highest BCUT2D eigenvalue weighted by Gasteiger charge is 2.15. The summed E-state index contributed by atoms with van der Waals surface area (Å²) in [5.41, 5.74) is 1.12. The molecule has 0 aliphatic heterocycles.